The zero-order valence-corrected chi connectivity index (χ0v) is 23.9. The van der Waals surface area contributed by atoms with Gasteiger partial charge in [0, 0.05) is 55.3 Å². The molecule has 212 valence electrons. The molecular formula is C28H40FN7O2S. The normalized spacial score (nSPS) is 26.3. The lowest BCUT2D eigenvalue weighted by atomic mass is 10.1. The van der Waals surface area contributed by atoms with Crippen molar-refractivity contribution in [2.45, 2.75) is 57.7 Å². The molecule has 0 saturated carbocycles. The highest BCUT2D eigenvalue weighted by molar-refractivity contribution is 8.04. The number of thioether (sulfide) groups is 1. The smallest absolute Gasteiger partial charge is 0.317 e. The first kappa shape index (κ1) is 27.8. The summed E-state index contributed by atoms with van der Waals surface area (Å²) in [5, 5.41) is 19.8. The van der Waals surface area contributed by atoms with E-state index < -0.39 is 5.97 Å². The Morgan fingerprint density at radius 2 is 1.97 bits per heavy atom. The van der Waals surface area contributed by atoms with Crippen molar-refractivity contribution in [3.8, 4) is 0 Å². The molecule has 4 aliphatic rings. The van der Waals surface area contributed by atoms with Gasteiger partial charge >= 0.3 is 5.97 Å². The van der Waals surface area contributed by atoms with Crippen molar-refractivity contribution in [1.82, 2.24) is 30.7 Å². The summed E-state index contributed by atoms with van der Waals surface area (Å²) in [6.07, 6.45) is 5.15. The Morgan fingerprint density at radius 1 is 1.18 bits per heavy atom. The summed E-state index contributed by atoms with van der Waals surface area (Å²) in [5.41, 5.74) is 2.77. The van der Waals surface area contributed by atoms with Gasteiger partial charge in [-0.15, -0.1) is 0 Å². The molecule has 0 amide bonds. The Kier molecular flexibility index (Phi) is 8.68. The minimum absolute atomic E-state index is 0.0738. The third-order valence-electron chi connectivity index (χ3n) is 7.81. The number of nitrogens with one attached hydrogen (secondary N) is 3. The highest BCUT2D eigenvalue weighted by Crippen LogP contribution is 2.37. The molecule has 0 bridgehead atoms. The first-order valence-corrected chi connectivity index (χ1v) is 14.9. The van der Waals surface area contributed by atoms with Crippen LogP contribution >= 0.6 is 11.8 Å². The molecule has 9 nitrogen and oxygen atoms in total. The summed E-state index contributed by atoms with van der Waals surface area (Å²) in [5.74, 6) is 0.788. The Bertz CT molecular complexity index is 1160. The summed E-state index contributed by atoms with van der Waals surface area (Å²) in [6.45, 7) is 11.2. The highest BCUT2D eigenvalue weighted by Gasteiger charge is 2.31. The monoisotopic (exact) mass is 557 g/mol. The number of carbonyl (C=O) groups is 1. The maximum Gasteiger partial charge on any atom is 0.317 e. The second-order valence-electron chi connectivity index (χ2n) is 10.8. The van der Waals surface area contributed by atoms with Crippen LogP contribution in [-0.4, -0.2) is 95.1 Å². The Hall–Kier alpha value is -2.76. The van der Waals surface area contributed by atoms with Crippen LogP contribution in [0.1, 0.15) is 44.7 Å². The SMILES string of the molecule is CCc1cc(F)cc(C2=C(CN3CCC[C@H]3C)SC(NC3=CC(N4CCN(CC(=O)O)CC4)=NC(C)N3)N2)c1. The first-order chi connectivity index (χ1) is 18.8. The standard InChI is InChI=1S/C28H40FN7O2S/c1-4-20-12-21(14-22(29)13-20)27-23(16-36-7-5-6-18(36)2)39-28(33-27)32-24-15-25(31-19(3)30-24)35-10-8-34(9-11-35)17-26(37)38/h12-15,18-19,28,30,32-33H,4-11,16-17H2,1-3H3,(H,37,38)/t18-,19?,28?/m1/s1. The number of halogens is 1. The van der Waals surface area contributed by atoms with Crippen molar-refractivity contribution in [2.75, 3.05) is 45.8 Å². The number of nitrogens with zero attached hydrogens (tertiary/aromatic N) is 4. The van der Waals surface area contributed by atoms with Gasteiger partial charge in [0.05, 0.1) is 12.2 Å². The van der Waals surface area contributed by atoms with E-state index in [2.05, 4.69) is 45.7 Å². The number of benzene rings is 1. The van der Waals surface area contributed by atoms with Crippen molar-refractivity contribution in [2.24, 2.45) is 4.99 Å². The number of amidine groups is 1. The molecule has 0 aliphatic carbocycles. The Labute approximate surface area is 234 Å². The molecule has 2 fully saturated rings. The minimum Gasteiger partial charge on any atom is -0.480 e. The van der Waals surface area contributed by atoms with Gasteiger partial charge in [-0.05, 0) is 63.4 Å². The lowest BCUT2D eigenvalue weighted by Gasteiger charge is -2.37. The van der Waals surface area contributed by atoms with Crippen LogP contribution in [0.15, 0.2) is 40.0 Å². The van der Waals surface area contributed by atoms with Crippen LogP contribution in [0.5, 0.6) is 0 Å². The fraction of sp³-hybridized carbons (Fsp3) is 0.571. The minimum atomic E-state index is -0.792. The molecule has 1 aromatic rings. The zero-order chi connectivity index (χ0) is 27.5. The predicted octanol–water partition coefficient (Wildman–Crippen LogP) is 2.64. The van der Waals surface area contributed by atoms with E-state index >= 15 is 0 Å². The van der Waals surface area contributed by atoms with Crippen molar-refractivity contribution >= 4 is 29.3 Å². The van der Waals surface area contributed by atoms with Gasteiger partial charge in [-0.25, -0.2) is 9.38 Å². The van der Waals surface area contributed by atoms with Crippen molar-refractivity contribution < 1.29 is 14.3 Å². The second-order valence-corrected chi connectivity index (χ2v) is 12.0. The number of aryl methyl sites for hydroxylation is 1. The molecule has 2 saturated heterocycles. The van der Waals surface area contributed by atoms with Crippen molar-refractivity contribution in [3.63, 3.8) is 0 Å². The lowest BCUT2D eigenvalue weighted by molar-refractivity contribution is -0.138. The fourth-order valence-electron chi connectivity index (χ4n) is 5.67. The van der Waals surface area contributed by atoms with Crippen LogP contribution in [0.4, 0.5) is 4.39 Å². The molecule has 0 aromatic heterocycles. The predicted molar refractivity (Wildman–Crippen MR) is 154 cm³/mol. The molecule has 0 radical (unpaired) electrons. The largest absolute Gasteiger partial charge is 0.480 e. The molecule has 11 heteroatoms. The summed E-state index contributed by atoms with van der Waals surface area (Å²) >= 11 is 1.76. The number of rotatable bonds is 8. The lowest BCUT2D eigenvalue weighted by Crippen LogP contribution is -2.51. The molecule has 4 aliphatic heterocycles. The van der Waals surface area contributed by atoms with Gasteiger partial charge in [0.15, 0.2) is 5.50 Å². The van der Waals surface area contributed by atoms with Gasteiger partial charge in [0.25, 0.3) is 0 Å². The van der Waals surface area contributed by atoms with E-state index in [0.717, 1.165) is 61.1 Å². The number of aliphatic imine (C=N–C) groups is 1. The van der Waals surface area contributed by atoms with E-state index in [4.69, 9.17) is 10.1 Å². The number of likely N-dealkylation sites (tertiary alicyclic amines) is 1. The molecule has 5 rings (SSSR count). The maximum atomic E-state index is 14.5. The summed E-state index contributed by atoms with van der Waals surface area (Å²) in [7, 11) is 0. The van der Waals surface area contributed by atoms with Crippen LogP contribution in [0, 0.1) is 5.82 Å². The van der Waals surface area contributed by atoms with Gasteiger partial charge in [-0.1, -0.05) is 18.7 Å². The van der Waals surface area contributed by atoms with Gasteiger partial charge in [0.2, 0.25) is 0 Å². The van der Waals surface area contributed by atoms with Crippen molar-refractivity contribution in [1.29, 1.82) is 0 Å². The summed E-state index contributed by atoms with van der Waals surface area (Å²) in [4.78, 5) is 23.8. The van der Waals surface area contributed by atoms with Gasteiger partial charge in [0.1, 0.15) is 23.6 Å². The number of hydrogen-bond acceptors (Lipinski definition) is 9. The van der Waals surface area contributed by atoms with E-state index in [0.29, 0.717) is 19.1 Å². The topological polar surface area (TPSA) is 95.5 Å². The molecule has 4 N–H and O–H groups in total. The highest BCUT2D eigenvalue weighted by atomic mass is 32.2. The molecule has 0 spiro atoms. The van der Waals surface area contributed by atoms with Gasteiger partial charge in [-0.3, -0.25) is 14.6 Å². The second kappa shape index (κ2) is 12.2. The van der Waals surface area contributed by atoms with Gasteiger partial charge in [-0.2, -0.15) is 0 Å². The number of aliphatic carboxylic acids is 1. The quantitative estimate of drug-likeness (QED) is 0.385. The summed E-state index contributed by atoms with van der Waals surface area (Å²) < 4.78 is 14.5. The summed E-state index contributed by atoms with van der Waals surface area (Å²) in [6, 6.07) is 5.89. The van der Waals surface area contributed by atoms with E-state index in [9.17, 15) is 9.18 Å². The number of carboxylic acids is 1. The third kappa shape index (κ3) is 6.88. The molecular weight excluding hydrogens is 517 g/mol. The maximum absolute atomic E-state index is 14.5. The van der Waals surface area contributed by atoms with Crippen LogP contribution in [0.25, 0.3) is 5.70 Å². The zero-order valence-electron chi connectivity index (χ0n) is 23.0. The molecule has 3 atom stereocenters. The van der Waals surface area contributed by atoms with E-state index in [1.54, 1.807) is 23.9 Å². The Morgan fingerprint density at radius 3 is 2.67 bits per heavy atom. The molecule has 1 aromatic carbocycles. The first-order valence-electron chi connectivity index (χ1n) is 14.0. The van der Waals surface area contributed by atoms with E-state index in [-0.39, 0.29) is 24.0 Å². The van der Waals surface area contributed by atoms with Crippen LogP contribution < -0.4 is 16.0 Å². The Balaban J connectivity index is 1.30. The molecule has 2 unspecified atom stereocenters. The van der Waals surface area contributed by atoms with Crippen LogP contribution in [0.2, 0.25) is 0 Å². The third-order valence-corrected chi connectivity index (χ3v) is 8.90. The molecule has 4 heterocycles. The molecule has 39 heavy (non-hydrogen) atoms. The van der Waals surface area contributed by atoms with E-state index in [1.165, 1.54) is 17.7 Å². The fourth-order valence-corrected chi connectivity index (χ4v) is 6.85. The van der Waals surface area contributed by atoms with Gasteiger partial charge < -0.3 is 26.0 Å². The van der Waals surface area contributed by atoms with Crippen LogP contribution in [0.3, 0.4) is 0 Å². The van der Waals surface area contributed by atoms with Crippen LogP contribution in [-0.2, 0) is 11.2 Å². The number of carboxylic acid groups (broad SMARTS) is 1. The number of hydrogen-bond donors (Lipinski definition) is 4. The van der Waals surface area contributed by atoms with Crippen molar-refractivity contribution in [3.05, 3.63) is 51.9 Å². The average Bonchev–Trinajstić information content (AvgIpc) is 3.49. The van der Waals surface area contributed by atoms with E-state index in [1.807, 2.05) is 17.9 Å². The number of piperazine rings is 1. The average molecular weight is 558 g/mol.